The predicted molar refractivity (Wildman–Crippen MR) is 128 cm³/mol. The van der Waals surface area contributed by atoms with E-state index < -0.39 is 18.2 Å². The van der Waals surface area contributed by atoms with E-state index in [1.807, 2.05) is 26.1 Å². The lowest BCUT2D eigenvalue weighted by Crippen LogP contribution is -2.31. The number of hydrogen-bond donors (Lipinski definition) is 2. The monoisotopic (exact) mass is 468 g/mol. The Hall–Kier alpha value is -3.10. The molecule has 1 aliphatic carbocycles. The zero-order chi connectivity index (χ0) is 24.4. The van der Waals surface area contributed by atoms with E-state index in [0.717, 1.165) is 42.2 Å². The second kappa shape index (κ2) is 10.0. The minimum absolute atomic E-state index is 0.0655. The van der Waals surface area contributed by atoms with Gasteiger partial charge in [0.25, 0.3) is 0 Å². The quantitative estimate of drug-likeness (QED) is 0.479. The third-order valence-corrected chi connectivity index (χ3v) is 6.54. The molecule has 1 fully saturated rings. The summed E-state index contributed by atoms with van der Waals surface area (Å²) in [5, 5.41) is 26.3. The third-order valence-electron chi connectivity index (χ3n) is 6.54. The van der Waals surface area contributed by atoms with Crippen molar-refractivity contribution in [2.45, 2.75) is 64.4 Å². The van der Waals surface area contributed by atoms with Gasteiger partial charge < -0.3 is 24.4 Å². The zero-order valence-electron chi connectivity index (χ0n) is 20.1. The van der Waals surface area contributed by atoms with Crippen LogP contribution in [-0.2, 0) is 11.3 Å². The number of fused-ring (bicyclic) bond motifs is 1. The van der Waals surface area contributed by atoms with Crippen molar-refractivity contribution >= 4 is 16.9 Å². The van der Waals surface area contributed by atoms with E-state index in [-0.39, 0.29) is 18.2 Å². The Morgan fingerprint density at radius 1 is 1.12 bits per heavy atom. The number of methoxy groups -OCH3 is 2. The Labute approximate surface area is 199 Å². The van der Waals surface area contributed by atoms with Gasteiger partial charge in [0.1, 0.15) is 29.2 Å². The molecule has 0 bridgehead atoms. The number of nitrogens with zero attached hydrogens (tertiary/aromatic N) is 2. The number of carboxylic acids is 1. The lowest BCUT2D eigenvalue weighted by atomic mass is 10.0. The predicted octanol–water partition coefficient (Wildman–Crippen LogP) is 4.43. The summed E-state index contributed by atoms with van der Waals surface area (Å²) in [6.45, 7) is 4.03. The van der Waals surface area contributed by atoms with E-state index in [2.05, 4.69) is 5.10 Å². The first-order chi connectivity index (χ1) is 16.3. The van der Waals surface area contributed by atoms with Crippen molar-refractivity contribution in [3.8, 4) is 11.5 Å². The zero-order valence-corrected chi connectivity index (χ0v) is 20.1. The van der Waals surface area contributed by atoms with Gasteiger partial charge in [-0.2, -0.15) is 5.10 Å². The summed E-state index contributed by atoms with van der Waals surface area (Å²) in [4.78, 5) is 11.7. The SMILES string of the molecule is COc1cc([C@@H](O)[C@H](Cn2cc3cc(C)cc(C(=O)O)c3n2)OC2CCCC2)cc(OC)c1C. The molecule has 3 aromatic rings. The Morgan fingerprint density at radius 3 is 2.35 bits per heavy atom. The van der Waals surface area contributed by atoms with Crippen LogP contribution in [0.1, 0.15) is 58.8 Å². The molecule has 8 heteroatoms. The van der Waals surface area contributed by atoms with Crippen molar-refractivity contribution in [2.75, 3.05) is 14.2 Å². The van der Waals surface area contributed by atoms with Crippen LogP contribution >= 0.6 is 0 Å². The Morgan fingerprint density at radius 2 is 1.76 bits per heavy atom. The van der Waals surface area contributed by atoms with Gasteiger partial charge >= 0.3 is 5.97 Å². The molecule has 0 aliphatic heterocycles. The molecule has 1 aromatic heterocycles. The second-order valence-electron chi connectivity index (χ2n) is 8.98. The molecule has 1 saturated carbocycles. The fraction of sp³-hybridized carbons (Fsp3) is 0.462. The highest BCUT2D eigenvalue weighted by molar-refractivity contribution is 6.02. The molecule has 2 aromatic carbocycles. The largest absolute Gasteiger partial charge is 0.496 e. The maximum absolute atomic E-state index is 11.7. The summed E-state index contributed by atoms with van der Waals surface area (Å²) in [5.74, 6) is 0.232. The van der Waals surface area contributed by atoms with Gasteiger partial charge in [0.2, 0.25) is 0 Å². The van der Waals surface area contributed by atoms with Crippen molar-refractivity contribution in [3.63, 3.8) is 0 Å². The van der Waals surface area contributed by atoms with Gasteiger partial charge in [0, 0.05) is 17.1 Å². The smallest absolute Gasteiger partial charge is 0.337 e. The van der Waals surface area contributed by atoms with Gasteiger partial charge in [-0.25, -0.2) is 4.79 Å². The number of carboxylic acid groups (broad SMARTS) is 1. The highest BCUT2D eigenvalue weighted by Crippen LogP contribution is 2.35. The molecule has 4 rings (SSSR count). The summed E-state index contributed by atoms with van der Waals surface area (Å²) >= 11 is 0. The summed E-state index contributed by atoms with van der Waals surface area (Å²) < 4.78 is 19.0. The van der Waals surface area contributed by atoms with E-state index in [0.29, 0.717) is 22.6 Å². The Balaban J connectivity index is 1.69. The lowest BCUT2D eigenvalue weighted by Gasteiger charge is -2.27. The number of benzene rings is 2. The number of rotatable bonds is 9. The van der Waals surface area contributed by atoms with Crippen molar-refractivity contribution in [3.05, 3.63) is 52.7 Å². The number of carbonyl (C=O) groups is 1. The normalized spacial score (nSPS) is 16.0. The van der Waals surface area contributed by atoms with Crippen LogP contribution in [0.2, 0.25) is 0 Å². The molecule has 34 heavy (non-hydrogen) atoms. The minimum atomic E-state index is -1.02. The van der Waals surface area contributed by atoms with Crippen molar-refractivity contribution in [1.29, 1.82) is 0 Å². The summed E-state index contributed by atoms with van der Waals surface area (Å²) in [5.41, 5.74) is 2.91. The molecule has 2 atom stereocenters. The van der Waals surface area contributed by atoms with Crippen LogP contribution in [0.4, 0.5) is 0 Å². The number of aromatic nitrogens is 2. The molecule has 1 aliphatic rings. The van der Waals surface area contributed by atoms with Crippen molar-refractivity contribution in [2.24, 2.45) is 0 Å². The fourth-order valence-corrected chi connectivity index (χ4v) is 4.76. The molecule has 0 radical (unpaired) electrons. The first-order valence-corrected chi connectivity index (χ1v) is 11.6. The van der Waals surface area contributed by atoms with Gasteiger partial charge in [-0.3, -0.25) is 4.68 Å². The first kappa shape index (κ1) is 24.0. The van der Waals surface area contributed by atoms with E-state index in [9.17, 15) is 15.0 Å². The summed E-state index contributed by atoms with van der Waals surface area (Å²) in [7, 11) is 3.17. The maximum Gasteiger partial charge on any atom is 0.337 e. The number of aromatic carboxylic acids is 1. The molecule has 0 amide bonds. The molecule has 0 unspecified atom stereocenters. The van der Waals surface area contributed by atoms with Gasteiger partial charge in [-0.05, 0) is 62.1 Å². The molecule has 1 heterocycles. The van der Waals surface area contributed by atoms with Crippen molar-refractivity contribution in [1.82, 2.24) is 9.78 Å². The number of aliphatic hydroxyl groups is 1. The molecular weight excluding hydrogens is 436 g/mol. The highest BCUT2D eigenvalue weighted by Gasteiger charge is 2.29. The molecule has 0 spiro atoms. The highest BCUT2D eigenvalue weighted by atomic mass is 16.5. The molecule has 8 nitrogen and oxygen atoms in total. The number of aryl methyl sites for hydroxylation is 1. The van der Waals surface area contributed by atoms with Crippen LogP contribution in [0.15, 0.2) is 30.5 Å². The second-order valence-corrected chi connectivity index (χ2v) is 8.98. The van der Waals surface area contributed by atoms with Gasteiger partial charge in [0.15, 0.2) is 0 Å². The topological polar surface area (TPSA) is 103 Å². The van der Waals surface area contributed by atoms with E-state index >= 15 is 0 Å². The lowest BCUT2D eigenvalue weighted by molar-refractivity contribution is -0.0845. The van der Waals surface area contributed by atoms with Gasteiger partial charge in [0.05, 0.1) is 32.4 Å². The van der Waals surface area contributed by atoms with E-state index in [1.165, 1.54) is 0 Å². The number of ether oxygens (including phenoxy) is 3. The molecular formula is C26H32N2O6. The standard InChI is InChI=1S/C26H32N2O6/c1-15-9-18-13-28(27-24(18)20(10-15)26(30)31)14-23(34-19-7-5-6-8-19)25(29)17-11-21(32-3)16(2)22(12-17)33-4/h9-13,19,23,25,29H,5-8,14H2,1-4H3,(H,30,31)/t23-,25+/m0/s1. The van der Waals surface area contributed by atoms with Gasteiger partial charge in [-0.1, -0.05) is 12.8 Å². The maximum atomic E-state index is 11.7. The van der Waals surface area contributed by atoms with E-state index in [4.69, 9.17) is 14.2 Å². The van der Waals surface area contributed by atoms with Crippen LogP contribution in [-0.4, -0.2) is 52.4 Å². The molecule has 182 valence electrons. The summed E-state index contributed by atoms with van der Waals surface area (Å²) in [6, 6.07) is 7.14. The average Bonchev–Trinajstić information content (AvgIpc) is 3.47. The summed E-state index contributed by atoms with van der Waals surface area (Å²) in [6.07, 6.45) is 4.43. The van der Waals surface area contributed by atoms with Crippen LogP contribution < -0.4 is 9.47 Å². The van der Waals surface area contributed by atoms with Crippen LogP contribution in [0, 0.1) is 13.8 Å². The van der Waals surface area contributed by atoms with Crippen LogP contribution in [0.3, 0.4) is 0 Å². The fourth-order valence-electron chi connectivity index (χ4n) is 4.76. The first-order valence-electron chi connectivity index (χ1n) is 11.6. The average molecular weight is 469 g/mol. The van der Waals surface area contributed by atoms with E-state index in [1.54, 1.807) is 37.1 Å². The molecule has 2 N–H and O–H groups in total. The Kier molecular flexibility index (Phi) is 7.09. The van der Waals surface area contributed by atoms with Gasteiger partial charge in [-0.15, -0.1) is 0 Å². The van der Waals surface area contributed by atoms with Crippen molar-refractivity contribution < 1.29 is 29.2 Å². The Bertz CT molecular complexity index is 1160. The van der Waals surface area contributed by atoms with Crippen LogP contribution in [0.5, 0.6) is 11.5 Å². The van der Waals surface area contributed by atoms with Crippen LogP contribution in [0.25, 0.3) is 10.9 Å². The number of aliphatic hydroxyl groups excluding tert-OH is 1. The number of hydrogen-bond acceptors (Lipinski definition) is 6. The third kappa shape index (κ3) is 4.88. The minimum Gasteiger partial charge on any atom is -0.496 e. The molecule has 0 saturated heterocycles.